The van der Waals surface area contributed by atoms with E-state index in [1.54, 1.807) is 23.2 Å². The summed E-state index contributed by atoms with van der Waals surface area (Å²) < 4.78 is 0. The molecular weight excluding hydrogens is 348 g/mol. The van der Waals surface area contributed by atoms with Crippen LogP contribution in [-0.2, 0) is 0 Å². The van der Waals surface area contributed by atoms with Gasteiger partial charge in [0.25, 0.3) is 5.91 Å². The fourth-order valence-corrected chi connectivity index (χ4v) is 3.74. The van der Waals surface area contributed by atoms with Crippen LogP contribution in [0.3, 0.4) is 0 Å². The number of hydrogen-bond acceptors (Lipinski definition) is 4. The summed E-state index contributed by atoms with van der Waals surface area (Å²) in [6.07, 6.45) is 7.92. The predicted molar refractivity (Wildman–Crippen MR) is 111 cm³/mol. The number of nitriles is 1. The molecule has 5 nitrogen and oxygen atoms in total. The van der Waals surface area contributed by atoms with Crippen molar-refractivity contribution in [3.05, 3.63) is 53.7 Å². The van der Waals surface area contributed by atoms with Crippen molar-refractivity contribution in [3.8, 4) is 17.3 Å². The Morgan fingerprint density at radius 2 is 1.96 bits per heavy atom. The third kappa shape index (κ3) is 5.17. The van der Waals surface area contributed by atoms with Gasteiger partial charge >= 0.3 is 0 Å². The molecule has 0 saturated carbocycles. The highest BCUT2D eigenvalue weighted by Crippen LogP contribution is 2.22. The third-order valence-electron chi connectivity index (χ3n) is 5.32. The summed E-state index contributed by atoms with van der Waals surface area (Å²) >= 11 is 0. The first-order chi connectivity index (χ1) is 13.7. The lowest BCUT2D eigenvalue weighted by atomic mass is 10.0. The molecule has 0 radical (unpaired) electrons. The van der Waals surface area contributed by atoms with Crippen molar-refractivity contribution in [1.29, 1.82) is 5.26 Å². The Labute approximate surface area is 167 Å². The molecule has 28 heavy (non-hydrogen) atoms. The standard InChI is InChI=1S/C23H28N4O/c1-26(13-8-16-27-14-4-2-3-5-15-27)23(28)20-10-6-9-19(17-20)22-21(18-24)11-7-12-25-22/h6-7,9-12,17H,2-5,8,13-16H2,1H3. The highest BCUT2D eigenvalue weighted by molar-refractivity contribution is 5.95. The molecule has 0 unspecified atom stereocenters. The van der Waals surface area contributed by atoms with Crippen molar-refractivity contribution < 1.29 is 4.79 Å². The topological polar surface area (TPSA) is 60.2 Å². The summed E-state index contributed by atoms with van der Waals surface area (Å²) in [6.45, 7) is 4.17. The number of pyridine rings is 1. The molecule has 0 bridgehead atoms. The highest BCUT2D eigenvalue weighted by Gasteiger charge is 2.15. The summed E-state index contributed by atoms with van der Waals surface area (Å²) in [5.74, 6) is 0.00663. The zero-order valence-corrected chi connectivity index (χ0v) is 16.6. The smallest absolute Gasteiger partial charge is 0.253 e. The molecule has 2 aromatic rings. The number of amides is 1. The molecule has 0 atom stereocenters. The molecule has 1 aliphatic rings. The molecule has 1 fully saturated rings. The lowest BCUT2D eigenvalue weighted by Gasteiger charge is -2.22. The molecular formula is C23H28N4O. The van der Waals surface area contributed by atoms with Gasteiger partial charge < -0.3 is 9.80 Å². The average molecular weight is 377 g/mol. The Balaban J connectivity index is 1.61. The van der Waals surface area contributed by atoms with Crippen LogP contribution in [0.15, 0.2) is 42.6 Å². The van der Waals surface area contributed by atoms with E-state index in [1.165, 1.54) is 38.8 Å². The van der Waals surface area contributed by atoms with Gasteiger partial charge in [-0.1, -0.05) is 25.0 Å². The summed E-state index contributed by atoms with van der Waals surface area (Å²) in [4.78, 5) is 21.5. The van der Waals surface area contributed by atoms with Gasteiger partial charge in [0.05, 0.1) is 11.3 Å². The maximum absolute atomic E-state index is 12.8. The SMILES string of the molecule is CN(CCCN1CCCCCC1)C(=O)c1cccc(-c2ncccc2C#N)c1. The van der Waals surface area contributed by atoms with E-state index in [-0.39, 0.29) is 5.91 Å². The molecule has 1 aromatic heterocycles. The molecule has 1 aliphatic heterocycles. The van der Waals surface area contributed by atoms with Gasteiger partial charge in [0.1, 0.15) is 6.07 Å². The highest BCUT2D eigenvalue weighted by atomic mass is 16.2. The fraction of sp³-hybridized carbons (Fsp3) is 0.435. The summed E-state index contributed by atoms with van der Waals surface area (Å²) in [5.41, 5.74) is 2.55. The number of rotatable bonds is 6. The van der Waals surface area contributed by atoms with Crippen LogP contribution in [0.1, 0.15) is 48.0 Å². The van der Waals surface area contributed by atoms with Crippen LogP contribution < -0.4 is 0 Å². The van der Waals surface area contributed by atoms with Crippen LogP contribution in [-0.4, -0.2) is 53.9 Å². The molecule has 5 heteroatoms. The Kier molecular flexibility index (Phi) is 7.16. The lowest BCUT2D eigenvalue weighted by molar-refractivity contribution is 0.0788. The maximum Gasteiger partial charge on any atom is 0.253 e. The molecule has 1 saturated heterocycles. The minimum absolute atomic E-state index is 0.00663. The van der Waals surface area contributed by atoms with E-state index >= 15 is 0 Å². The molecule has 3 rings (SSSR count). The van der Waals surface area contributed by atoms with Crippen LogP contribution in [0.4, 0.5) is 0 Å². The first kappa shape index (κ1) is 20.0. The van der Waals surface area contributed by atoms with Crippen molar-refractivity contribution >= 4 is 5.91 Å². The van der Waals surface area contributed by atoms with Crippen molar-refractivity contribution in [2.24, 2.45) is 0 Å². The number of carbonyl (C=O) groups excluding carboxylic acids is 1. The van der Waals surface area contributed by atoms with Gasteiger partial charge in [-0.2, -0.15) is 5.26 Å². The van der Waals surface area contributed by atoms with Crippen LogP contribution in [0, 0.1) is 11.3 Å². The zero-order valence-electron chi connectivity index (χ0n) is 16.6. The predicted octanol–water partition coefficient (Wildman–Crippen LogP) is 3.96. The molecule has 0 aliphatic carbocycles. The third-order valence-corrected chi connectivity index (χ3v) is 5.32. The zero-order chi connectivity index (χ0) is 19.8. The number of carbonyl (C=O) groups is 1. The lowest BCUT2D eigenvalue weighted by Crippen LogP contribution is -2.32. The Bertz CT molecular complexity index is 834. The Hall–Kier alpha value is -2.71. The van der Waals surface area contributed by atoms with Gasteiger partial charge in [0.15, 0.2) is 0 Å². The number of likely N-dealkylation sites (tertiary alicyclic amines) is 1. The molecule has 146 valence electrons. The van der Waals surface area contributed by atoms with Crippen molar-refractivity contribution in [1.82, 2.24) is 14.8 Å². The minimum atomic E-state index is 0.00663. The van der Waals surface area contributed by atoms with E-state index < -0.39 is 0 Å². The van der Waals surface area contributed by atoms with E-state index in [0.717, 1.165) is 25.1 Å². The van der Waals surface area contributed by atoms with Gasteiger partial charge in [0, 0.05) is 30.9 Å². The normalized spacial score (nSPS) is 14.9. The van der Waals surface area contributed by atoms with Gasteiger partial charge in [-0.15, -0.1) is 0 Å². The number of hydrogen-bond donors (Lipinski definition) is 0. The summed E-state index contributed by atoms with van der Waals surface area (Å²) in [6, 6.07) is 13.0. The van der Waals surface area contributed by atoms with Crippen LogP contribution in [0.2, 0.25) is 0 Å². The van der Waals surface area contributed by atoms with E-state index in [1.807, 2.05) is 31.3 Å². The molecule has 2 heterocycles. The Morgan fingerprint density at radius 1 is 1.18 bits per heavy atom. The van der Waals surface area contributed by atoms with Crippen molar-refractivity contribution in [2.75, 3.05) is 33.2 Å². The largest absolute Gasteiger partial charge is 0.342 e. The quantitative estimate of drug-likeness (QED) is 0.766. The summed E-state index contributed by atoms with van der Waals surface area (Å²) in [7, 11) is 1.86. The molecule has 0 N–H and O–H groups in total. The number of aromatic nitrogens is 1. The van der Waals surface area contributed by atoms with Crippen LogP contribution in [0.5, 0.6) is 0 Å². The van der Waals surface area contributed by atoms with Gasteiger partial charge in [-0.3, -0.25) is 9.78 Å². The fourth-order valence-electron chi connectivity index (χ4n) is 3.74. The van der Waals surface area contributed by atoms with Crippen LogP contribution >= 0.6 is 0 Å². The first-order valence-corrected chi connectivity index (χ1v) is 10.1. The second-order valence-electron chi connectivity index (χ2n) is 7.43. The Morgan fingerprint density at radius 3 is 2.71 bits per heavy atom. The maximum atomic E-state index is 12.8. The van der Waals surface area contributed by atoms with E-state index in [4.69, 9.17) is 0 Å². The number of nitrogens with zero attached hydrogens (tertiary/aromatic N) is 4. The summed E-state index contributed by atoms with van der Waals surface area (Å²) in [5, 5.41) is 9.30. The van der Waals surface area contributed by atoms with Gasteiger partial charge in [-0.25, -0.2) is 0 Å². The minimum Gasteiger partial charge on any atom is -0.342 e. The van der Waals surface area contributed by atoms with Crippen molar-refractivity contribution in [3.63, 3.8) is 0 Å². The van der Waals surface area contributed by atoms with Crippen LogP contribution in [0.25, 0.3) is 11.3 Å². The molecule has 0 spiro atoms. The van der Waals surface area contributed by atoms with Gasteiger partial charge in [0.2, 0.25) is 0 Å². The first-order valence-electron chi connectivity index (χ1n) is 10.1. The van der Waals surface area contributed by atoms with Crippen molar-refractivity contribution in [2.45, 2.75) is 32.1 Å². The van der Waals surface area contributed by atoms with Gasteiger partial charge in [-0.05, 0) is 63.2 Å². The second kappa shape index (κ2) is 10.0. The molecule has 1 aromatic carbocycles. The second-order valence-corrected chi connectivity index (χ2v) is 7.43. The number of benzene rings is 1. The van der Waals surface area contributed by atoms with E-state index in [9.17, 15) is 10.1 Å². The molecule has 1 amide bonds. The monoisotopic (exact) mass is 376 g/mol. The average Bonchev–Trinajstić information content (AvgIpc) is 3.02. The van der Waals surface area contributed by atoms with E-state index in [2.05, 4.69) is 16.0 Å². The van der Waals surface area contributed by atoms with E-state index in [0.29, 0.717) is 16.8 Å².